The largest absolute Gasteiger partial charge is 0.463 e. The van der Waals surface area contributed by atoms with Crippen LogP contribution >= 0.6 is 23.2 Å². The fraction of sp³-hybridized carbons (Fsp3) is 0.231. The number of carbonyl (C=O) groups excluding carboxylic acids is 2. The first-order valence-corrected chi connectivity index (χ1v) is 6.31. The number of nitrogens with one attached hydrogen (secondary N) is 1. The number of hydrogen-bond donors (Lipinski definition) is 1. The van der Waals surface area contributed by atoms with Crippen LogP contribution in [0.2, 0.25) is 10.0 Å². The molecular weight excluding hydrogens is 289 g/mol. The summed E-state index contributed by atoms with van der Waals surface area (Å²) >= 11 is 11.6. The SMILES string of the molecule is CCOC(=O)C=C(C)NC(=O)c1ccc(Cl)cc1Cl. The molecule has 0 aliphatic heterocycles. The van der Waals surface area contributed by atoms with Crippen LogP contribution in [-0.2, 0) is 9.53 Å². The summed E-state index contributed by atoms with van der Waals surface area (Å²) in [5.41, 5.74) is 0.650. The molecular formula is C13H13Cl2NO3. The molecule has 0 radical (unpaired) electrons. The van der Waals surface area contributed by atoms with Crippen molar-refractivity contribution in [3.05, 3.63) is 45.6 Å². The number of amides is 1. The second kappa shape index (κ2) is 7.16. The highest BCUT2D eigenvalue weighted by Gasteiger charge is 2.11. The monoisotopic (exact) mass is 301 g/mol. The van der Waals surface area contributed by atoms with Crippen molar-refractivity contribution in [3.63, 3.8) is 0 Å². The number of carbonyl (C=O) groups is 2. The van der Waals surface area contributed by atoms with Crippen LogP contribution in [0.1, 0.15) is 24.2 Å². The molecule has 1 aromatic rings. The van der Waals surface area contributed by atoms with E-state index in [0.717, 1.165) is 0 Å². The second-order valence-corrected chi connectivity index (χ2v) is 4.50. The van der Waals surface area contributed by atoms with Gasteiger partial charge in [-0.15, -0.1) is 0 Å². The maximum Gasteiger partial charge on any atom is 0.332 e. The van der Waals surface area contributed by atoms with Crippen LogP contribution in [-0.4, -0.2) is 18.5 Å². The molecule has 0 aliphatic carbocycles. The summed E-state index contributed by atoms with van der Waals surface area (Å²) in [5.74, 6) is -0.929. The van der Waals surface area contributed by atoms with Crippen LogP contribution < -0.4 is 5.32 Å². The van der Waals surface area contributed by atoms with Gasteiger partial charge < -0.3 is 10.1 Å². The zero-order valence-corrected chi connectivity index (χ0v) is 12.0. The van der Waals surface area contributed by atoms with Gasteiger partial charge in [-0.05, 0) is 32.0 Å². The van der Waals surface area contributed by atoms with E-state index in [2.05, 4.69) is 5.32 Å². The fourth-order valence-corrected chi connectivity index (χ4v) is 1.81. The zero-order chi connectivity index (χ0) is 14.4. The normalized spacial score (nSPS) is 11.1. The smallest absolute Gasteiger partial charge is 0.332 e. The number of benzene rings is 1. The Kier molecular flexibility index (Phi) is 5.86. The van der Waals surface area contributed by atoms with Gasteiger partial charge in [-0.25, -0.2) is 4.79 Å². The molecule has 0 atom stereocenters. The molecule has 0 aromatic heterocycles. The maximum atomic E-state index is 11.9. The predicted octanol–water partition coefficient (Wildman–Crippen LogP) is 3.19. The molecule has 0 saturated heterocycles. The fourth-order valence-electron chi connectivity index (χ4n) is 1.32. The Morgan fingerprint density at radius 1 is 1.37 bits per heavy atom. The molecule has 4 nitrogen and oxygen atoms in total. The van der Waals surface area contributed by atoms with Crippen LogP contribution in [0.25, 0.3) is 0 Å². The molecule has 0 fully saturated rings. The molecule has 0 bridgehead atoms. The summed E-state index contributed by atoms with van der Waals surface area (Å²) < 4.78 is 4.73. The molecule has 0 heterocycles. The first kappa shape index (κ1) is 15.5. The number of esters is 1. The van der Waals surface area contributed by atoms with Gasteiger partial charge in [0.2, 0.25) is 0 Å². The summed E-state index contributed by atoms with van der Waals surface area (Å²) in [6.07, 6.45) is 1.20. The average molecular weight is 302 g/mol. The van der Waals surface area contributed by atoms with Gasteiger partial charge in [0, 0.05) is 16.8 Å². The van der Waals surface area contributed by atoms with Gasteiger partial charge >= 0.3 is 5.97 Å². The number of hydrogen-bond acceptors (Lipinski definition) is 3. The van der Waals surface area contributed by atoms with Crippen molar-refractivity contribution < 1.29 is 14.3 Å². The Morgan fingerprint density at radius 3 is 2.63 bits per heavy atom. The number of rotatable bonds is 4. The lowest BCUT2D eigenvalue weighted by atomic mass is 10.2. The van der Waals surface area contributed by atoms with E-state index in [0.29, 0.717) is 10.7 Å². The first-order chi connectivity index (χ1) is 8.93. The van der Waals surface area contributed by atoms with E-state index < -0.39 is 11.9 Å². The van der Waals surface area contributed by atoms with Crippen LogP contribution in [0.4, 0.5) is 0 Å². The number of allylic oxidation sites excluding steroid dienone is 1. The summed E-state index contributed by atoms with van der Waals surface area (Å²) in [7, 11) is 0. The summed E-state index contributed by atoms with van der Waals surface area (Å²) in [6.45, 7) is 3.56. The number of ether oxygens (including phenoxy) is 1. The van der Waals surface area contributed by atoms with Crippen molar-refractivity contribution in [1.82, 2.24) is 5.32 Å². The van der Waals surface area contributed by atoms with E-state index in [-0.39, 0.29) is 17.2 Å². The molecule has 1 N–H and O–H groups in total. The molecule has 0 spiro atoms. The molecule has 19 heavy (non-hydrogen) atoms. The molecule has 0 aliphatic rings. The molecule has 6 heteroatoms. The molecule has 0 saturated carbocycles. The van der Waals surface area contributed by atoms with Crippen LogP contribution in [0.15, 0.2) is 30.0 Å². The van der Waals surface area contributed by atoms with Gasteiger partial charge in [-0.3, -0.25) is 4.79 Å². The highest BCUT2D eigenvalue weighted by Crippen LogP contribution is 2.20. The predicted molar refractivity (Wildman–Crippen MR) is 74.3 cm³/mol. The Hall–Kier alpha value is -1.52. The number of halogens is 2. The summed E-state index contributed by atoms with van der Waals surface area (Å²) in [5, 5.41) is 3.23. The molecule has 1 amide bonds. The molecule has 102 valence electrons. The Balaban J connectivity index is 2.77. The average Bonchev–Trinajstić information content (AvgIpc) is 2.28. The van der Waals surface area contributed by atoms with E-state index in [9.17, 15) is 9.59 Å². The second-order valence-electron chi connectivity index (χ2n) is 3.66. The van der Waals surface area contributed by atoms with Crippen LogP contribution in [0, 0.1) is 0 Å². The lowest BCUT2D eigenvalue weighted by molar-refractivity contribution is -0.137. The van der Waals surface area contributed by atoms with Crippen molar-refractivity contribution in [2.24, 2.45) is 0 Å². The van der Waals surface area contributed by atoms with E-state index >= 15 is 0 Å². The molecule has 1 rings (SSSR count). The quantitative estimate of drug-likeness (QED) is 0.686. The van der Waals surface area contributed by atoms with Crippen molar-refractivity contribution in [1.29, 1.82) is 0 Å². The Bertz CT molecular complexity index is 527. The first-order valence-electron chi connectivity index (χ1n) is 5.55. The minimum atomic E-state index is -0.512. The molecule has 1 aromatic carbocycles. The van der Waals surface area contributed by atoms with Crippen LogP contribution in [0.3, 0.4) is 0 Å². The molecule has 0 unspecified atom stereocenters. The van der Waals surface area contributed by atoms with Gasteiger partial charge in [0.05, 0.1) is 17.2 Å². The van der Waals surface area contributed by atoms with E-state index in [4.69, 9.17) is 27.9 Å². The summed E-state index contributed by atoms with van der Waals surface area (Å²) in [6, 6.07) is 4.55. The highest BCUT2D eigenvalue weighted by atomic mass is 35.5. The van der Waals surface area contributed by atoms with Crippen molar-refractivity contribution in [2.75, 3.05) is 6.61 Å². The van der Waals surface area contributed by atoms with Gasteiger partial charge in [0.25, 0.3) is 5.91 Å². The van der Waals surface area contributed by atoms with E-state index in [1.54, 1.807) is 19.9 Å². The van der Waals surface area contributed by atoms with E-state index in [1.807, 2.05) is 0 Å². The third kappa shape index (κ3) is 4.93. The minimum absolute atomic E-state index is 0.244. The maximum absolute atomic E-state index is 11.9. The Morgan fingerprint density at radius 2 is 2.05 bits per heavy atom. The van der Waals surface area contributed by atoms with Gasteiger partial charge in [-0.2, -0.15) is 0 Å². The van der Waals surface area contributed by atoms with Gasteiger partial charge in [0.1, 0.15) is 0 Å². The summed E-state index contributed by atoms with van der Waals surface area (Å²) in [4.78, 5) is 23.1. The van der Waals surface area contributed by atoms with Crippen molar-refractivity contribution in [2.45, 2.75) is 13.8 Å². The van der Waals surface area contributed by atoms with E-state index in [1.165, 1.54) is 18.2 Å². The van der Waals surface area contributed by atoms with Crippen molar-refractivity contribution >= 4 is 35.1 Å². The van der Waals surface area contributed by atoms with Gasteiger partial charge in [-0.1, -0.05) is 23.2 Å². The topological polar surface area (TPSA) is 55.4 Å². The Labute approximate surface area is 121 Å². The lowest BCUT2D eigenvalue weighted by Crippen LogP contribution is -2.22. The minimum Gasteiger partial charge on any atom is -0.463 e. The standard InChI is InChI=1S/C13H13Cl2NO3/c1-3-19-12(17)6-8(2)16-13(18)10-5-4-9(14)7-11(10)15/h4-7H,3H2,1-2H3,(H,16,18). The van der Waals surface area contributed by atoms with Gasteiger partial charge in [0.15, 0.2) is 0 Å². The lowest BCUT2D eigenvalue weighted by Gasteiger charge is -2.07. The third-order valence-corrected chi connectivity index (χ3v) is 2.66. The van der Waals surface area contributed by atoms with Crippen LogP contribution in [0.5, 0.6) is 0 Å². The highest BCUT2D eigenvalue weighted by molar-refractivity contribution is 6.36. The van der Waals surface area contributed by atoms with Crippen molar-refractivity contribution in [3.8, 4) is 0 Å². The zero-order valence-electron chi connectivity index (χ0n) is 10.5. The third-order valence-electron chi connectivity index (χ3n) is 2.11.